The zero-order chi connectivity index (χ0) is 10.1. The van der Waals surface area contributed by atoms with Crippen LogP contribution in [0.5, 0.6) is 0 Å². The van der Waals surface area contributed by atoms with Gasteiger partial charge in [0, 0.05) is 10.0 Å². The molecule has 0 amide bonds. The normalized spacial score (nSPS) is 10.4. The SMILES string of the molecule is Cc1cc(Br)ccc1-c1nc(=S)[nH][nH]1. The first-order chi connectivity index (χ1) is 6.66. The van der Waals surface area contributed by atoms with Gasteiger partial charge in [-0.25, -0.2) is 0 Å². The lowest BCUT2D eigenvalue weighted by Gasteiger charge is -2.01. The number of halogens is 1. The van der Waals surface area contributed by atoms with Gasteiger partial charge in [-0.1, -0.05) is 15.9 Å². The second kappa shape index (κ2) is 3.67. The van der Waals surface area contributed by atoms with Gasteiger partial charge in [0.25, 0.3) is 0 Å². The number of hydrogen-bond donors (Lipinski definition) is 2. The van der Waals surface area contributed by atoms with Gasteiger partial charge in [0.2, 0.25) is 4.77 Å². The number of aromatic amines is 2. The lowest BCUT2D eigenvalue weighted by Crippen LogP contribution is -1.85. The lowest BCUT2D eigenvalue weighted by molar-refractivity contribution is 1.08. The molecule has 0 saturated heterocycles. The van der Waals surface area contributed by atoms with Gasteiger partial charge in [0.1, 0.15) is 0 Å². The Kier molecular flexibility index (Phi) is 2.52. The molecule has 0 bridgehead atoms. The van der Waals surface area contributed by atoms with E-state index in [0.29, 0.717) is 4.77 Å². The highest BCUT2D eigenvalue weighted by atomic mass is 79.9. The van der Waals surface area contributed by atoms with Crippen LogP contribution in [-0.4, -0.2) is 15.2 Å². The molecule has 1 aromatic heterocycles. The van der Waals surface area contributed by atoms with E-state index >= 15 is 0 Å². The first-order valence-corrected chi connectivity index (χ1v) is 5.28. The fourth-order valence-corrected chi connectivity index (χ4v) is 1.91. The summed E-state index contributed by atoms with van der Waals surface area (Å²) < 4.78 is 1.54. The number of aromatic nitrogens is 3. The van der Waals surface area contributed by atoms with E-state index < -0.39 is 0 Å². The quantitative estimate of drug-likeness (QED) is 0.781. The molecule has 2 rings (SSSR count). The topological polar surface area (TPSA) is 44.5 Å². The van der Waals surface area contributed by atoms with Crippen molar-refractivity contribution in [3.8, 4) is 11.4 Å². The zero-order valence-electron chi connectivity index (χ0n) is 7.47. The fraction of sp³-hybridized carbons (Fsp3) is 0.111. The van der Waals surface area contributed by atoms with Gasteiger partial charge in [-0.3, -0.25) is 10.2 Å². The summed E-state index contributed by atoms with van der Waals surface area (Å²) in [5, 5.41) is 5.70. The first kappa shape index (κ1) is 9.61. The minimum absolute atomic E-state index is 0.474. The van der Waals surface area contributed by atoms with Crippen LogP contribution in [0.1, 0.15) is 5.56 Å². The molecule has 14 heavy (non-hydrogen) atoms. The van der Waals surface area contributed by atoms with Gasteiger partial charge in [0.15, 0.2) is 5.82 Å². The van der Waals surface area contributed by atoms with Crippen molar-refractivity contribution in [1.82, 2.24) is 15.2 Å². The average molecular weight is 270 g/mol. The summed E-state index contributed by atoms with van der Waals surface area (Å²) in [4.78, 5) is 4.16. The van der Waals surface area contributed by atoms with Gasteiger partial charge in [-0.05, 0) is 42.9 Å². The molecular weight excluding hydrogens is 262 g/mol. The summed E-state index contributed by atoms with van der Waals surface area (Å²) >= 11 is 8.31. The number of nitrogens with zero attached hydrogens (tertiary/aromatic N) is 1. The number of rotatable bonds is 1. The highest BCUT2D eigenvalue weighted by molar-refractivity contribution is 9.10. The van der Waals surface area contributed by atoms with Gasteiger partial charge < -0.3 is 0 Å². The van der Waals surface area contributed by atoms with E-state index in [-0.39, 0.29) is 0 Å². The molecule has 5 heteroatoms. The molecular formula is C9H8BrN3S. The number of H-pyrrole nitrogens is 2. The number of benzene rings is 1. The Morgan fingerprint density at radius 1 is 1.36 bits per heavy atom. The summed E-state index contributed by atoms with van der Waals surface area (Å²) in [6, 6.07) is 6.02. The molecule has 0 fully saturated rings. The third kappa shape index (κ3) is 1.78. The molecule has 72 valence electrons. The van der Waals surface area contributed by atoms with Crippen molar-refractivity contribution in [2.75, 3.05) is 0 Å². The standard InChI is InChI=1S/C9H8BrN3S/c1-5-4-6(10)2-3-7(5)8-11-9(14)13-12-8/h2-4H,1H3,(H2,11,12,13,14). The smallest absolute Gasteiger partial charge is 0.213 e. The molecule has 1 aromatic carbocycles. The second-order valence-electron chi connectivity index (χ2n) is 2.97. The van der Waals surface area contributed by atoms with Crippen LogP contribution in [0, 0.1) is 11.7 Å². The molecule has 0 aliphatic carbocycles. The van der Waals surface area contributed by atoms with E-state index in [1.807, 2.05) is 25.1 Å². The summed E-state index contributed by atoms with van der Waals surface area (Å²) in [7, 11) is 0. The van der Waals surface area contributed by atoms with Crippen LogP contribution in [0.4, 0.5) is 0 Å². The molecule has 0 unspecified atom stereocenters. The molecule has 2 aromatic rings. The van der Waals surface area contributed by atoms with Crippen molar-refractivity contribution in [2.45, 2.75) is 6.92 Å². The Bertz CT molecular complexity index is 515. The van der Waals surface area contributed by atoms with Crippen LogP contribution in [0.2, 0.25) is 0 Å². The third-order valence-electron chi connectivity index (χ3n) is 1.94. The third-order valence-corrected chi connectivity index (χ3v) is 2.63. The second-order valence-corrected chi connectivity index (χ2v) is 4.28. The predicted molar refractivity (Wildman–Crippen MR) is 61.6 cm³/mol. The molecule has 2 N–H and O–H groups in total. The van der Waals surface area contributed by atoms with E-state index in [4.69, 9.17) is 12.2 Å². The van der Waals surface area contributed by atoms with Gasteiger partial charge in [-0.2, -0.15) is 4.98 Å². The van der Waals surface area contributed by atoms with Gasteiger partial charge in [-0.15, -0.1) is 0 Å². The molecule has 0 aliphatic rings. The zero-order valence-corrected chi connectivity index (χ0v) is 9.87. The minimum Gasteiger partial charge on any atom is -0.282 e. The van der Waals surface area contributed by atoms with Crippen LogP contribution < -0.4 is 0 Å². The Balaban J connectivity index is 2.57. The molecule has 0 atom stereocenters. The van der Waals surface area contributed by atoms with Gasteiger partial charge >= 0.3 is 0 Å². The van der Waals surface area contributed by atoms with Crippen molar-refractivity contribution < 1.29 is 0 Å². The lowest BCUT2D eigenvalue weighted by atomic mass is 10.1. The predicted octanol–water partition coefficient (Wildman–Crippen LogP) is 3.21. The summed E-state index contributed by atoms with van der Waals surface area (Å²) in [5.74, 6) is 0.778. The Morgan fingerprint density at radius 3 is 2.71 bits per heavy atom. The van der Waals surface area contributed by atoms with E-state index in [9.17, 15) is 0 Å². The van der Waals surface area contributed by atoms with Crippen molar-refractivity contribution in [3.05, 3.63) is 33.0 Å². The van der Waals surface area contributed by atoms with Crippen LogP contribution in [-0.2, 0) is 0 Å². The summed E-state index contributed by atoms with van der Waals surface area (Å²) in [5.41, 5.74) is 2.21. The fourth-order valence-electron chi connectivity index (χ4n) is 1.29. The highest BCUT2D eigenvalue weighted by Gasteiger charge is 2.04. The maximum atomic E-state index is 4.89. The van der Waals surface area contributed by atoms with Gasteiger partial charge in [0.05, 0.1) is 0 Å². The summed E-state index contributed by atoms with van der Waals surface area (Å²) in [6.45, 7) is 2.03. The van der Waals surface area contributed by atoms with Crippen molar-refractivity contribution in [2.24, 2.45) is 0 Å². The monoisotopic (exact) mass is 269 g/mol. The Hall–Kier alpha value is -0.940. The summed E-state index contributed by atoms with van der Waals surface area (Å²) in [6.07, 6.45) is 0. The molecule has 0 aliphatic heterocycles. The molecule has 0 radical (unpaired) electrons. The molecule has 3 nitrogen and oxygen atoms in total. The number of hydrogen-bond acceptors (Lipinski definition) is 2. The van der Waals surface area contributed by atoms with Crippen molar-refractivity contribution in [1.29, 1.82) is 0 Å². The van der Waals surface area contributed by atoms with E-state index in [2.05, 4.69) is 31.1 Å². The van der Waals surface area contributed by atoms with Crippen LogP contribution in [0.15, 0.2) is 22.7 Å². The van der Waals surface area contributed by atoms with Crippen molar-refractivity contribution in [3.63, 3.8) is 0 Å². The molecule has 0 saturated carbocycles. The van der Waals surface area contributed by atoms with Crippen LogP contribution in [0.3, 0.4) is 0 Å². The van der Waals surface area contributed by atoms with Crippen LogP contribution >= 0.6 is 28.1 Å². The minimum atomic E-state index is 0.474. The number of nitrogens with one attached hydrogen (secondary N) is 2. The van der Waals surface area contributed by atoms with Crippen molar-refractivity contribution >= 4 is 28.1 Å². The maximum absolute atomic E-state index is 4.89. The Morgan fingerprint density at radius 2 is 2.14 bits per heavy atom. The van der Waals surface area contributed by atoms with Crippen LogP contribution in [0.25, 0.3) is 11.4 Å². The Labute approximate surface area is 94.7 Å². The number of aryl methyl sites for hydroxylation is 1. The van der Waals surface area contributed by atoms with E-state index in [1.165, 1.54) is 0 Å². The highest BCUT2D eigenvalue weighted by Crippen LogP contribution is 2.22. The largest absolute Gasteiger partial charge is 0.282 e. The van der Waals surface area contributed by atoms with E-state index in [0.717, 1.165) is 21.4 Å². The average Bonchev–Trinajstić information content (AvgIpc) is 2.51. The van der Waals surface area contributed by atoms with E-state index in [1.54, 1.807) is 0 Å². The maximum Gasteiger partial charge on any atom is 0.213 e. The molecule has 0 spiro atoms. The molecule has 1 heterocycles. The first-order valence-electron chi connectivity index (χ1n) is 4.08.